The van der Waals surface area contributed by atoms with Gasteiger partial charge in [-0.05, 0) is 31.0 Å². The van der Waals surface area contributed by atoms with Crippen molar-refractivity contribution in [3.63, 3.8) is 0 Å². The summed E-state index contributed by atoms with van der Waals surface area (Å²) in [6.07, 6.45) is 2.51. The molecule has 0 aliphatic carbocycles. The maximum atomic E-state index is 12.2. The van der Waals surface area contributed by atoms with Crippen LogP contribution in [0.5, 0.6) is 0 Å². The summed E-state index contributed by atoms with van der Waals surface area (Å²) in [5.41, 5.74) is 1.33. The molecule has 1 saturated heterocycles. The minimum absolute atomic E-state index is 0.341. The van der Waals surface area contributed by atoms with Crippen molar-refractivity contribution in [2.75, 3.05) is 5.32 Å². The van der Waals surface area contributed by atoms with Gasteiger partial charge in [0.2, 0.25) is 0 Å². The number of aliphatic carboxylic acids is 1. The number of rotatable bonds is 4. The van der Waals surface area contributed by atoms with Crippen molar-refractivity contribution < 1.29 is 19.4 Å². The van der Waals surface area contributed by atoms with Crippen LogP contribution in [0.3, 0.4) is 0 Å². The van der Waals surface area contributed by atoms with Gasteiger partial charge in [0.1, 0.15) is 6.10 Å². The van der Waals surface area contributed by atoms with Crippen LogP contribution in [-0.2, 0) is 14.3 Å². The fourth-order valence-corrected chi connectivity index (χ4v) is 2.42. The molecule has 0 saturated carbocycles. The number of para-hydroxylation sites is 2. The summed E-state index contributed by atoms with van der Waals surface area (Å²) >= 11 is 0. The molecule has 1 aromatic carbocycles. The second kappa shape index (κ2) is 5.98. The van der Waals surface area contributed by atoms with Crippen molar-refractivity contribution in [3.8, 4) is 5.69 Å². The largest absolute Gasteiger partial charge is 0.479 e. The number of carboxylic acid groups (broad SMARTS) is 1. The minimum atomic E-state index is -1.03. The molecule has 7 heteroatoms. The fraction of sp³-hybridized carbons (Fsp3) is 0.267. The van der Waals surface area contributed by atoms with Gasteiger partial charge in [-0.25, -0.2) is 9.48 Å². The number of amides is 1. The van der Waals surface area contributed by atoms with Crippen LogP contribution >= 0.6 is 0 Å². The Morgan fingerprint density at radius 3 is 2.68 bits per heavy atom. The number of anilines is 1. The van der Waals surface area contributed by atoms with E-state index < -0.39 is 18.2 Å². The fourth-order valence-electron chi connectivity index (χ4n) is 2.42. The molecule has 0 bridgehead atoms. The van der Waals surface area contributed by atoms with E-state index in [4.69, 9.17) is 9.84 Å². The Hall–Kier alpha value is -2.67. The average molecular weight is 301 g/mol. The van der Waals surface area contributed by atoms with Crippen LogP contribution in [-0.4, -0.2) is 39.0 Å². The van der Waals surface area contributed by atoms with Crippen molar-refractivity contribution in [3.05, 3.63) is 42.7 Å². The molecule has 2 heterocycles. The standard InChI is InChI=1S/C15H15N3O4/c19-14(12-6-7-13(22-12)15(20)21)17-10-4-1-2-5-11(10)18-9-3-8-16-18/h1-5,8-9,12-13H,6-7H2,(H,17,19)(H,20,21)/t12-,13+/m0/s1. The molecule has 2 atom stereocenters. The number of nitrogens with one attached hydrogen (secondary N) is 1. The van der Waals surface area contributed by atoms with Crippen molar-refractivity contribution in [1.29, 1.82) is 0 Å². The molecule has 3 rings (SSSR count). The Balaban J connectivity index is 1.74. The first-order valence-electron chi connectivity index (χ1n) is 6.93. The van der Waals surface area contributed by atoms with E-state index in [0.717, 1.165) is 5.69 Å². The van der Waals surface area contributed by atoms with Crippen LogP contribution in [0.2, 0.25) is 0 Å². The molecule has 1 aromatic heterocycles. The molecule has 0 radical (unpaired) electrons. The van der Waals surface area contributed by atoms with Gasteiger partial charge in [0.15, 0.2) is 6.10 Å². The van der Waals surface area contributed by atoms with Gasteiger partial charge in [-0.1, -0.05) is 12.1 Å². The van der Waals surface area contributed by atoms with Crippen LogP contribution in [0.4, 0.5) is 5.69 Å². The summed E-state index contributed by atoms with van der Waals surface area (Å²) < 4.78 is 6.90. The molecule has 0 unspecified atom stereocenters. The Kier molecular flexibility index (Phi) is 3.88. The van der Waals surface area contributed by atoms with E-state index in [1.807, 2.05) is 12.1 Å². The van der Waals surface area contributed by atoms with Crippen LogP contribution in [0.25, 0.3) is 5.69 Å². The Bertz CT molecular complexity index is 684. The molecular weight excluding hydrogens is 286 g/mol. The number of carbonyl (C=O) groups excluding carboxylic acids is 1. The number of carbonyl (C=O) groups is 2. The molecule has 7 nitrogen and oxygen atoms in total. The van der Waals surface area contributed by atoms with Crippen LogP contribution in [0.15, 0.2) is 42.7 Å². The maximum Gasteiger partial charge on any atom is 0.332 e. The van der Waals surface area contributed by atoms with Crippen molar-refractivity contribution >= 4 is 17.6 Å². The number of benzene rings is 1. The number of carboxylic acids is 1. The third-order valence-corrected chi connectivity index (χ3v) is 3.50. The highest BCUT2D eigenvalue weighted by Gasteiger charge is 2.34. The first kappa shape index (κ1) is 14.3. The van der Waals surface area contributed by atoms with Crippen molar-refractivity contribution in [2.24, 2.45) is 0 Å². The molecule has 1 fully saturated rings. The molecular formula is C15H15N3O4. The van der Waals surface area contributed by atoms with Gasteiger partial charge in [-0.15, -0.1) is 0 Å². The lowest BCUT2D eigenvalue weighted by Gasteiger charge is -2.14. The van der Waals surface area contributed by atoms with Gasteiger partial charge >= 0.3 is 5.97 Å². The van der Waals surface area contributed by atoms with E-state index in [0.29, 0.717) is 18.5 Å². The summed E-state index contributed by atoms with van der Waals surface area (Å²) in [6.45, 7) is 0. The zero-order valence-electron chi connectivity index (χ0n) is 11.7. The van der Waals surface area contributed by atoms with E-state index in [1.165, 1.54) is 0 Å². The molecule has 1 amide bonds. The molecule has 2 N–H and O–H groups in total. The third kappa shape index (κ3) is 2.84. The Labute approximate surface area is 126 Å². The van der Waals surface area contributed by atoms with E-state index in [9.17, 15) is 9.59 Å². The van der Waals surface area contributed by atoms with Gasteiger partial charge in [-0.3, -0.25) is 4.79 Å². The van der Waals surface area contributed by atoms with Crippen molar-refractivity contribution in [1.82, 2.24) is 9.78 Å². The monoisotopic (exact) mass is 301 g/mol. The molecule has 1 aliphatic heterocycles. The molecule has 1 aliphatic rings. The average Bonchev–Trinajstić information content (AvgIpc) is 3.19. The Morgan fingerprint density at radius 1 is 1.23 bits per heavy atom. The Morgan fingerprint density at radius 2 is 2.00 bits per heavy atom. The summed E-state index contributed by atoms with van der Waals surface area (Å²) in [5.74, 6) is -1.38. The summed E-state index contributed by atoms with van der Waals surface area (Å²) in [6, 6.07) is 9.03. The first-order chi connectivity index (χ1) is 10.6. The predicted molar refractivity (Wildman–Crippen MR) is 77.7 cm³/mol. The van der Waals surface area contributed by atoms with Gasteiger partial charge in [0.25, 0.3) is 5.91 Å². The number of hydrogen-bond acceptors (Lipinski definition) is 4. The highest BCUT2D eigenvalue weighted by Crippen LogP contribution is 2.23. The zero-order chi connectivity index (χ0) is 15.5. The van der Waals surface area contributed by atoms with Crippen LogP contribution in [0, 0.1) is 0 Å². The quantitative estimate of drug-likeness (QED) is 0.891. The zero-order valence-corrected chi connectivity index (χ0v) is 11.7. The van der Waals surface area contributed by atoms with Crippen LogP contribution in [0.1, 0.15) is 12.8 Å². The SMILES string of the molecule is O=C(Nc1ccccc1-n1cccn1)[C@@H]1CC[C@H](C(=O)O)O1. The maximum absolute atomic E-state index is 12.2. The van der Waals surface area contributed by atoms with Gasteiger partial charge in [0, 0.05) is 12.4 Å². The molecule has 2 aromatic rings. The summed E-state index contributed by atoms with van der Waals surface area (Å²) in [7, 11) is 0. The summed E-state index contributed by atoms with van der Waals surface area (Å²) in [4.78, 5) is 23.1. The van der Waals surface area contributed by atoms with Crippen LogP contribution < -0.4 is 5.32 Å². The second-order valence-electron chi connectivity index (χ2n) is 4.99. The smallest absolute Gasteiger partial charge is 0.332 e. The van der Waals surface area contributed by atoms with E-state index in [2.05, 4.69) is 10.4 Å². The van der Waals surface area contributed by atoms with E-state index in [-0.39, 0.29) is 5.91 Å². The first-order valence-corrected chi connectivity index (χ1v) is 6.93. The highest BCUT2D eigenvalue weighted by molar-refractivity contribution is 5.96. The second-order valence-corrected chi connectivity index (χ2v) is 4.99. The normalized spacial score (nSPS) is 20.7. The van der Waals surface area contributed by atoms with Gasteiger partial charge in [0.05, 0.1) is 11.4 Å². The van der Waals surface area contributed by atoms with Gasteiger partial charge in [-0.2, -0.15) is 5.10 Å². The third-order valence-electron chi connectivity index (χ3n) is 3.50. The summed E-state index contributed by atoms with van der Waals surface area (Å²) in [5, 5.41) is 15.8. The number of ether oxygens (including phenoxy) is 1. The van der Waals surface area contributed by atoms with Gasteiger partial charge < -0.3 is 15.2 Å². The highest BCUT2D eigenvalue weighted by atomic mass is 16.5. The number of hydrogen-bond donors (Lipinski definition) is 2. The molecule has 0 spiro atoms. The van der Waals surface area contributed by atoms with Crippen molar-refractivity contribution in [2.45, 2.75) is 25.0 Å². The topological polar surface area (TPSA) is 93.5 Å². The molecule has 22 heavy (non-hydrogen) atoms. The lowest BCUT2D eigenvalue weighted by Crippen LogP contribution is -2.30. The number of nitrogens with zero attached hydrogens (tertiary/aromatic N) is 2. The van der Waals surface area contributed by atoms with E-state index in [1.54, 1.807) is 35.3 Å². The molecule has 114 valence electrons. The van der Waals surface area contributed by atoms with E-state index >= 15 is 0 Å². The lowest BCUT2D eigenvalue weighted by atomic mass is 10.2. The lowest BCUT2D eigenvalue weighted by molar-refractivity contribution is -0.150. The number of aromatic nitrogens is 2. The minimum Gasteiger partial charge on any atom is -0.479 e. The predicted octanol–water partition coefficient (Wildman–Crippen LogP) is 1.44.